The Morgan fingerprint density at radius 3 is 2.39 bits per heavy atom. The summed E-state index contributed by atoms with van der Waals surface area (Å²) in [4.78, 5) is 3.61. The highest BCUT2D eigenvalue weighted by Gasteiger charge is 2.56. The highest BCUT2D eigenvalue weighted by atomic mass is 14.7. The van der Waals surface area contributed by atoms with E-state index in [1.165, 1.54) is 69.7 Å². The lowest BCUT2D eigenvalue weighted by molar-refractivity contribution is 0.0426. The third-order valence-electron chi connectivity index (χ3n) is 10.1. The standard InChI is InChI=1S/C35H33N/c1-21-16-23-18-22(2)35(25(17-21)19-23)30-11-5-3-9-28(30)34-26(10-7-12-31(34)35)24-14-15-33-29(20-24)27-8-4-6-13-32(27)36-33/h3-15,20-23,25,36H,16-19H2,1-2H3. The van der Waals surface area contributed by atoms with Gasteiger partial charge in [-0.2, -0.15) is 0 Å². The zero-order valence-corrected chi connectivity index (χ0v) is 21.2. The van der Waals surface area contributed by atoms with Crippen molar-refractivity contribution in [2.75, 3.05) is 0 Å². The Hall–Kier alpha value is -3.32. The molecule has 1 N–H and O–H groups in total. The van der Waals surface area contributed by atoms with Crippen molar-refractivity contribution in [3.63, 3.8) is 0 Å². The minimum atomic E-state index is 0.151. The summed E-state index contributed by atoms with van der Waals surface area (Å²) in [6.07, 6.45) is 5.55. The number of rotatable bonds is 1. The first-order valence-corrected chi connectivity index (χ1v) is 13.9. The fourth-order valence-electron chi connectivity index (χ4n) is 9.02. The van der Waals surface area contributed by atoms with Gasteiger partial charge in [-0.25, -0.2) is 0 Å². The van der Waals surface area contributed by atoms with Gasteiger partial charge in [-0.15, -0.1) is 0 Å². The van der Waals surface area contributed by atoms with Gasteiger partial charge < -0.3 is 4.98 Å². The Bertz CT molecular complexity index is 1650. The van der Waals surface area contributed by atoms with E-state index in [9.17, 15) is 0 Å². The van der Waals surface area contributed by atoms with Gasteiger partial charge in [0, 0.05) is 27.2 Å². The zero-order valence-electron chi connectivity index (χ0n) is 21.2. The number of hydrogen-bond donors (Lipinski definition) is 1. The monoisotopic (exact) mass is 467 g/mol. The van der Waals surface area contributed by atoms with E-state index in [0.29, 0.717) is 5.92 Å². The van der Waals surface area contributed by atoms with Crippen molar-refractivity contribution in [3.05, 3.63) is 96.1 Å². The topological polar surface area (TPSA) is 15.8 Å². The van der Waals surface area contributed by atoms with E-state index in [1.54, 1.807) is 11.1 Å². The first-order valence-electron chi connectivity index (χ1n) is 13.9. The second kappa shape index (κ2) is 7.35. The van der Waals surface area contributed by atoms with Crippen molar-refractivity contribution >= 4 is 21.8 Å². The molecule has 5 aromatic rings. The molecule has 2 saturated carbocycles. The average molecular weight is 468 g/mol. The van der Waals surface area contributed by atoms with Crippen LogP contribution in [0, 0.1) is 23.7 Å². The van der Waals surface area contributed by atoms with Crippen LogP contribution in [-0.4, -0.2) is 4.98 Å². The smallest absolute Gasteiger partial charge is 0.0465 e. The molecule has 1 aromatic heterocycles. The lowest BCUT2D eigenvalue weighted by Crippen LogP contribution is -2.49. The summed E-state index contributed by atoms with van der Waals surface area (Å²) in [5.41, 5.74) is 11.5. The maximum absolute atomic E-state index is 3.61. The highest BCUT2D eigenvalue weighted by Crippen LogP contribution is 2.65. The summed E-state index contributed by atoms with van der Waals surface area (Å²) in [7, 11) is 0. The van der Waals surface area contributed by atoms with Gasteiger partial charge in [0.1, 0.15) is 0 Å². The number of fused-ring (bicyclic) bond motifs is 11. The van der Waals surface area contributed by atoms with Crippen LogP contribution in [0.3, 0.4) is 0 Å². The number of hydrogen-bond acceptors (Lipinski definition) is 0. The van der Waals surface area contributed by atoms with Crippen molar-refractivity contribution < 1.29 is 0 Å². The fourth-order valence-corrected chi connectivity index (χ4v) is 9.02. The van der Waals surface area contributed by atoms with Crippen LogP contribution in [-0.2, 0) is 5.41 Å². The van der Waals surface area contributed by atoms with Crippen LogP contribution in [0.2, 0.25) is 0 Å². The van der Waals surface area contributed by atoms with E-state index < -0.39 is 0 Å². The summed E-state index contributed by atoms with van der Waals surface area (Å²) >= 11 is 0. The van der Waals surface area contributed by atoms with Gasteiger partial charge in [-0.05, 0) is 101 Å². The van der Waals surface area contributed by atoms with Gasteiger partial charge in [0.25, 0.3) is 0 Å². The Balaban J connectivity index is 1.40. The molecule has 0 saturated heterocycles. The molecule has 178 valence electrons. The van der Waals surface area contributed by atoms with E-state index in [0.717, 1.165) is 17.8 Å². The minimum absolute atomic E-state index is 0.151. The molecular weight excluding hydrogens is 434 g/mol. The Morgan fingerprint density at radius 2 is 1.44 bits per heavy atom. The Morgan fingerprint density at radius 1 is 0.667 bits per heavy atom. The van der Waals surface area contributed by atoms with E-state index in [1.807, 2.05) is 0 Å². The molecule has 1 spiro atoms. The predicted octanol–water partition coefficient (Wildman–Crippen LogP) is 9.35. The SMILES string of the molecule is CC1CC2CC(C)C3(c4ccccc4-c4c(-c5ccc6[nH]c7ccccc7c6c5)cccc43)C(C1)C2. The minimum Gasteiger partial charge on any atom is -0.355 e. The molecule has 1 heterocycles. The van der Waals surface area contributed by atoms with Gasteiger partial charge in [0.15, 0.2) is 0 Å². The third kappa shape index (κ3) is 2.61. The number of benzene rings is 4. The molecule has 2 fully saturated rings. The summed E-state index contributed by atoms with van der Waals surface area (Å²) in [6, 6.07) is 32.3. The van der Waals surface area contributed by atoms with Gasteiger partial charge in [-0.3, -0.25) is 0 Å². The third-order valence-corrected chi connectivity index (χ3v) is 10.1. The van der Waals surface area contributed by atoms with E-state index >= 15 is 0 Å². The molecule has 0 aliphatic heterocycles. The number of nitrogens with one attached hydrogen (secondary N) is 1. The zero-order chi connectivity index (χ0) is 24.0. The quantitative estimate of drug-likeness (QED) is 0.253. The van der Waals surface area contributed by atoms with Gasteiger partial charge in [0.05, 0.1) is 0 Å². The lowest BCUT2D eigenvalue weighted by atomic mass is 9.49. The molecule has 1 nitrogen and oxygen atoms in total. The van der Waals surface area contributed by atoms with Crippen molar-refractivity contribution in [2.45, 2.75) is 44.9 Å². The molecule has 4 aromatic carbocycles. The van der Waals surface area contributed by atoms with Crippen molar-refractivity contribution in [3.8, 4) is 22.3 Å². The van der Waals surface area contributed by atoms with E-state index in [2.05, 4.69) is 104 Å². The van der Waals surface area contributed by atoms with Crippen LogP contribution in [0.1, 0.15) is 50.7 Å². The molecule has 8 rings (SSSR count). The second-order valence-corrected chi connectivity index (χ2v) is 12.1. The van der Waals surface area contributed by atoms with Gasteiger partial charge in [-0.1, -0.05) is 80.6 Å². The van der Waals surface area contributed by atoms with Gasteiger partial charge in [0.2, 0.25) is 0 Å². The fraction of sp³-hybridized carbons (Fsp3) is 0.314. The normalized spacial score (nSPS) is 28.5. The van der Waals surface area contributed by atoms with Crippen LogP contribution < -0.4 is 0 Å². The number of aromatic amines is 1. The van der Waals surface area contributed by atoms with Crippen LogP contribution >= 0.6 is 0 Å². The van der Waals surface area contributed by atoms with Gasteiger partial charge >= 0.3 is 0 Å². The molecule has 5 unspecified atom stereocenters. The average Bonchev–Trinajstić information content (AvgIpc) is 3.41. The summed E-state index contributed by atoms with van der Waals surface area (Å²) < 4.78 is 0. The van der Waals surface area contributed by atoms with Crippen LogP contribution in [0.4, 0.5) is 0 Å². The van der Waals surface area contributed by atoms with Crippen molar-refractivity contribution in [2.24, 2.45) is 23.7 Å². The molecule has 5 atom stereocenters. The summed E-state index contributed by atoms with van der Waals surface area (Å²) in [5.74, 6) is 3.15. The molecule has 36 heavy (non-hydrogen) atoms. The summed E-state index contributed by atoms with van der Waals surface area (Å²) in [6.45, 7) is 5.06. The van der Waals surface area contributed by atoms with Crippen LogP contribution in [0.5, 0.6) is 0 Å². The second-order valence-electron chi connectivity index (χ2n) is 12.1. The molecular formula is C35H33N. The summed E-state index contributed by atoms with van der Waals surface area (Å²) in [5, 5.41) is 2.62. The van der Waals surface area contributed by atoms with E-state index in [4.69, 9.17) is 0 Å². The van der Waals surface area contributed by atoms with Crippen LogP contribution in [0.15, 0.2) is 84.9 Å². The molecule has 1 heteroatoms. The van der Waals surface area contributed by atoms with Crippen molar-refractivity contribution in [1.82, 2.24) is 4.98 Å². The largest absolute Gasteiger partial charge is 0.355 e. The lowest BCUT2D eigenvalue weighted by Gasteiger charge is -2.54. The molecule has 0 radical (unpaired) electrons. The predicted molar refractivity (Wildman–Crippen MR) is 151 cm³/mol. The van der Waals surface area contributed by atoms with Crippen LogP contribution in [0.25, 0.3) is 44.1 Å². The Labute approximate surface area is 213 Å². The number of H-pyrrole nitrogens is 1. The molecule has 0 amide bonds. The van der Waals surface area contributed by atoms with E-state index in [-0.39, 0.29) is 5.41 Å². The molecule has 2 bridgehead atoms. The molecule has 3 aliphatic rings. The highest BCUT2D eigenvalue weighted by molar-refractivity contribution is 6.09. The number of para-hydroxylation sites is 1. The van der Waals surface area contributed by atoms with Crippen molar-refractivity contribution in [1.29, 1.82) is 0 Å². The maximum Gasteiger partial charge on any atom is 0.0465 e. The number of aromatic nitrogens is 1. The Kier molecular flexibility index (Phi) is 4.25. The molecule has 3 aliphatic carbocycles. The first kappa shape index (κ1) is 20.8. The maximum atomic E-state index is 3.61. The first-order chi connectivity index (χ1) is 17.6.